The molecule has 0 aliphatic heterocycles. The van der Waals surface area contributed by atoms with Crippen LogP contribution in [-0.2, 0) is 4.79 Å². The first-order chi connectivity index (χ1) is 13.1. The summed E-state index contributed by atoms with van der Waals surface area (Å²) in [7, 11) is 0. The summed E-state index contributed by atoms with van der Waals surface area (Å²) in [5.41, 5.74) is 1.70. The summed E-state index contributed by atoms with van der Waals surface area (Å²) < 4.78 is 5.41. The van der Waals surface area contributed by atoms with Crippen LogP contribution in [-0.4, -0.2) is 23.3 Å². The first kappa shape index (κ1) is 18.3. The number of rotatable bonds is 6. The molecule has 0 saturated heterocycles. The maximum atomic E-state index is 12.2. The molecule has 134 valence electrons. The van der Waals surface area contributed by atoms with Crippen molar-refractivity contribution in [1.82, 2.24) is 4.98 Å². The van der Waals surface area contributed by atoms with Crippen LogP contribution in [0, 0.1) is 11.3 Å². The molecule has 1 N–H and O–H groups in total. The molecule has 0 atom stereocenters. The lowest BCUT2D eigenvalue weighted by molar-refractivity contribution is -0.118. The van der Waals surface area contributed by atoms with Gasteiger partial charge in [0.15, 0.2) is 17.5 Å². The Labute approximate surface area is 160 Å². The fourth-order valence-corrected chi connectivity index (χ4v) is 3.29. The summed E-state index contributed by atoms with van der Waals surface area (Å²) in [6.45, 7) is 1.20. The molecule has 7 heteroatoms. The number of nitriles is 1. The average Bonchev–Trinajstić information content (AvgIpc) is 3.11. The predicted octanol–water partition coefficient (Wildman–Crippen LogP) is 3.90. The number of ketones is 1. The minimum atomic E-state index is -0.425. The quantitative estimate of drug-likeness (QED) is 0.658. The van der Waals surface area contributed by atoms with Crippen molar-refractivity contribution in [2.75, 3.05) is 11.9 Å². The van der Waals surface area contributed by atoms with Gasteiger partial charge in [-0.2, -0.15) is 5.26 Å². The van der Waals surface area contributed by atoms with Crippen LogP contribution in [0.3, 0.4) is 0 Å². The Morgan fingerprint density at radius 2 is 1.85 bits per heavy atom. The number of ether oxygens (including phenoxy) is 1. The van der Waals surface area contributed by atoms with Crippen molar-refractivity contribution in [3.8, 4) is 23.1 Å². The molecule has 1 heterocycles. The smallest absolute Gasteiger partial charge is 0.264 e. The Balaban J connectivity index is 1.73. The zero-order chi connectivity index (χ0) is 19.2. The molecule has 0 fully saturated rings. The maximum Gasteiger partial charge on any atom is 0.264 e. The highest BCUT2D eigenvalue weighted by atomic mass is 32.1. The number of nitrogens with one attached hydrogen (secondary N) is 1. The molecule has 0 spiro atoms. The molecule has 0 radical (unpaired) electrons. The fourth-order valence-electron chi connectivity index (χ4n) is 2.39. The Morgan fingerprint density at radius 1 is 1.15 bits per heavy atom. The number of benzene rings is 2. The maximum absolute atomic E-state index is 12.2. The van der Waals surface area contributed by atoms with Gasteiger partial charge in [0.1, 0.15) is 11.8 Å². The van der Waals surface area contributed by atoms with Gasteiger partial charge in [0, 0.05) is 12.5 Å². The second kappa shape index (κ2) is 8.25. The number of carbonyl (C=O) groups excluding carboxylic acids is 2. The first-order valence-electron chi connectivity index (χ1n) is 8.07. The summed E-state index contributed by atoms with van der Waals surface area (Å²) >= 11 is 1.12. The van der Waals surface area contributed by atoms with E-state index in [4.69, 9.17) is 10.00 Å². The highest BCUT2D eigenvalue weighted by molar-refractivity contribution is 7.18. The van der Waals surface area contributed by atoms with Crippen LogP contribution in [0.15, 0.2) is 54.6 Å². The molecule has 1 amide bonds. The molecule has 2 aromatic carbocycles. The standard InChI is InChI=1S/C20H15N3O3S/c1-13(24)19-18(14-7-3-2-4-8-14)23-20(27-19)22-17(25)12-26-16-10-6-5-9-15(16)11-21/h2-10H,12H2,1H3,(H,22,23,25). The van der Waals surface area contributed by atoms with Gasteiger partial charge >= 0.3 is 0 Å². The fraction of sp³-hybridized carbons (Fsp3) is 0.100. The zero-order valence-electron chi connectivity index (χ0n) is 14.4. The summed E-state index contributed by atoms with van der Waals surface area (Å²) in [6, 6.07) is 18.0. The molecule has 27 heavy (non-hydrogen) atoms. The van der Waals surface area contributed by atoms with E-state index in [0.29, 0.717) is 27.0 Å². The van der Waals surface area contributed by atoms with Crippen molar-refractivity contribution in [3.05, 3.63) is 65.0 Å². The lowest BCUT2D eigenvalue weighted by Crippen LogP contribution is -2.20. The number of amides is 1. The Bertz CT molecular complexity index is 1020. The van der Waals surface area contributed by atoms with Gasteiger partial charge in [-0.3, -0.25) is 14.9 Å². The summed E-state index contributed by atoms with van der Waals surface area (Å²) in [5, 5.41) is 12.0. The topological polar surface area (TPSA) is 92.1 Å². The van der Waals surface area contributed by atoms with E-state index >= 15 is 0 Å². The number of anilines is 1. The average molecular weight is 377 g/mol. The van der Waals surface area contributed by atoms with Gasteiger partial charge in [-0.1, -0.05) is 53.8 Å². The van der Waals surface area contributed by atoms with Crippen LogP contribution in [0.2, 0.25) is 0 Å². The third-order valence-corrected chi connectivity index (χ3v) is 4.68. The molecule has 0 aliphatic carbocycles. The summed E-state index contributed by atoms with van der Waals surface area (Å²) in [6.07, 6.45) is 0. The summed E-state index contributed by atoms with van der Waals surface area (Å²) in [4.78, 5) is 29.0. The number of Topliss-reactive ketones (excluding diaryl/α,β-unsaturated/α-hetero) is 1. The van der Waals surface area contributed by atoms with Gasteiger partial charge in [-0.15, -0.1) is 0 Å². The number of thiazole rings is 1. The number of nitrogens with zero attached hydrogens (tertiary/aromatic N) is 2. The van der Waals surface area contributed by atoms with Crippen LogP contribution in [0.1, 0.15) is 22.2 Å². The number of hydrogen-bond donors (Lipinski definition) is 1. The molecule has 3 aromatic rings. The van der Waals surface area contributed by atoms with E-state index in [1.165, 1.54) is 6.92 Å². The lowest BCUT2D eigenvalue weighted by atomic mass is 10.1. The molecule has 1 aromatic heterocycles. The van der Waals surface area contributed by atoms with Gasteiger partial charge in [-0.05, 0) is 12.1 Å². The van der Waals surface area contributed by atoms with Crippen LogP contribution in [0.4, 0.5) is 5.13 Å². The largest absolute Gasteiger partial charge is 0.482 e. The van der Waals surface area contributed by atoms with Crippen molar-refractivity contribution >= 4 is 28.2 Å². The van der Waals surface area contributed by atoms with E-state index in [0.717, 1.165) is 16.9 Å². The van der Waals surface area contributed by atoms with E-state index in [-0.39, 0.29) is 12.4 Å². The number of hydrogen-bond acceptors (Lipinski definition) is 6. The number of aromatic nitrogens is 1. The summed E-state index contributed by atoms with van der Waals surface area (Å²) in [5.74, 6) is -0.207. The normalized spacial score (nSPS) is 10.1. The van der Waals surface area contributed by atoms with E-state index in [9.17, 15) is 9.59 Å². The van der Waals surface area contributed by atoms with Crippen molar-refractivity contribution in [2.45, 2.75) is 6.92 Å². The van der Waals surface area contributed by atoms with Gasteiger partial charge in [0.2, 0.25) is 0 Å². The third-order valence-electron chi connectivity index (χ3n) is 3.61. The zero-order valence-corrected chi connectivity index (χ0v) is 15.2. The van der Waals surface area contributed by atoms with Crippen LogP contribution < -0.4 is 10.1 Å². The van der Waals surface area contributed by atoms with Crippen molar-refractivity contribution in [3.63, 3.8) is 0 Å². The molecule has 0 bridgehead atoms. The third kappa shape index (κ3) is 4.37. The first-order valence-corrected chi connectivity index (χ1v) is 8.89. The van der Waals surface area contributed by atoms with Gasteiger partial charge in [0.05, 0.1) is 16.1 Å². The number of carbonyl (C=O) groups is 2. The molecule has 3 rings (SSSR count). The Hall–Kier alpha value is -3.50. The van der Waals surface area contributed by atoms with E-state index in [2.05, 4.69) is 10.3 Å². The van der Waals surface area contributed by atoms with Crippen molar-refractivity contribution in [1.29, 1.82) is 5.26 Å². The van der Waals surface area contributed by atoms with Crippen molar-refractivity contribution in [2.24, 2.45) is 0 Å². The van der Waals surface area contributed by atoms with E-state index in [1.807, 2.05) is 36.4 Å². The minimum absolute atomic E-state index is 0.119. The van der Waals surface area contributed by atoms with E-state index < -0.39 is 5.91 Å². The molecule has 0 aliphatic rings. The Morgan fingerprint density at radius 3 is 2.56 bits per heavy atom. The highest BCUT2D eigenvalue weighted by Crippen LogP contribution is 2.31. The second-order valence-corrected chi connectivity index (χ2v) is 6.56. The van der Waals surface area contributed by atoms with Crippen LogP contribution in [0.5, 0.6) is 5.75 Å². The molecular formula is C20H15N3O3S. The van der Waals surface area contributed by atoms with Crippen LogP contribution >= 0.6 is 11.3 Å². The van der Waals surface area contributed by atoms with Gasteiger partial charge < -0.3 is 4.74 Å². The SMILES string of the molecule is CC(=O)c1sc(NC(=O)COc2ccccc2C#N)nc1-c1ccccc1. The van der Waals surface area contributed by atoms with E-state index in [1.54, 1.807) is 24.3 Å². The number of para-hydroxylation sites is 1. The molecular weight excluding hydrogens is 362 g/mol. The monoisotopic (exact) mass is 377 g/mol. The van der Waals surface area contributed by atoms with Crippen molar-refractivity contribution < 1.29 is 14.3 Å². The Kier molecular flexibility index (Phi) is 5.59. The highest BCUT2D eigenvalue weighted by Gasteiger charge is 2.18. The lowest BCUT2D eigenvalue weighted by Gasteiger charge is -2.06. The van der Waals surface area contributed by atoms with Crippen LogP contribution in [0.25, 0.3) is 11.3 Å². The van der Waals surface area contributed by atoms with Gasteiger partial charge in [0.25, 0.3) is 5.91 Å². The predicted molar refractivity (Wildman–Crippen MR) is 103 cm³/mol. The van der Waals surface area contributed by atoms with Gasteiger partial charge in [-0.25, -0.2) is 4.98 Å². The molecule has 6 nitrogen and oxygen atoms in total. The minimum Gasteiger partial charge on any atom is -0.482 e. The molecule has 0 saturated carbocycles. The second-order valence-electron chi connectivity index (χ2n) is 5.56. The molecule has 0 unspecified atom stereocenters.